The molecule has 7 nitrogen and oxygen atoms in total. The van der Waals surface area contributed by atoms with Crippen LogP contribution in [0.2, 0.25) is 0 Å². The van der Waals surface area contributed by atoms with Crippen molar-refractivity contribution >= 4 is 51.3 Å². The number of benzene rings is 1. The van der Waals surface area contributed by atoms with Crippen molar-refractivity contribution < 1.29 is 34.4 Å². The van der Waals surface area contributed by atoms with Crippen LogP contribution in [0.15, 0.2) is 24.3 Å². The molecule has 0 amide bonds. The third-order valence-electron chi connectivity index (χ3n) is 1.31. The average molecular weight is 518 g/mol. The maximum atomic E-state index is 8.89. The van der Waals surface area contributed by atoms with Gasteiger partial charge in [-0.3, -0.25) is 0 Å². The zero-order chi connectivity index (χ0) is 18.1. The van der Waals surface area contributed by atoms with Gasteiger partial charge in [-0.25, -0.2) is 0 Å². The molecule has 0 aliphatic rings. The van der Waals surface area contributed by atoms with Gasteiger partial charge >= 0.3 is 0 Å². The zero-order valence-electron chi connectivity index (χ0n) is 13.3. The molecule has 0 bridgehead atoms. The second kappa shape index (κ2) is 20.1. The van der Waals surface area contributed by atoms with Crippen molar-refractivity contribution in [3.63, 3.8) is 0 Å². The Labute approximate surface area is 155 Å². The third kappa shape index (κ3) is 45.0. The van der Waals surface area contributed by atoms with Crippen LogP contribution in [0.1, 0.15) is 26.3 Å². The Kier molecular flexibility index (Phi) is 25.5. The Morgan fingerprint density at radius 3 is 1.35 bits per heavy atom. The van der Waals surface area contributed by atoms with Crippen LogP contribution in [0.25, 0.3) is 6.08 Å². The van der Waals surface area contributed by atoms with Gasteiger partial charge in [0.05, 0.1) is 7.11 Å². The average Bonchev–Trinajstić information content (AvgIpc) is 2.37. The number of carbonyl (C=O) groups excluding carboxylic acids is 3. The van der Waals surface area contributed by atoms with Gasteiger partial charge < -0.3 is 34.4 Å². The summed E-state index contributed by atoms with van der Waals surface area (Å²) in [5.74, 6) is -2.40. The second-order valence-corrected chi connectivity index (χ2v) is 3.41. The number of methoxy groups -OCH3 is 1. The summed E-state index contributed by atoms with van der Waals surface area (Å²) in [5.41, 5.74) is 1.00. The normalized spacial score (nSPS) is 7.13. The van der Waals surface area contributed by atoms with E-state index in [1.165, 1.54) is 0 Å². The molecule has 0 N–H and O–H groups in total. The number of hydrogen-bond donors (Lipinski definition) is 0. The molecular weight excluding hydrogens is 499 g/mol. The van der Waals surface area contributed by atoms with E-state index in [9.17, 15) is 0 Å². The number of carbonyl (C=O) groups is 3. The maximum absolute atomic E-state index is 8.89. The molecule has 23 heavy (non-hydrogen) atoms. The van der Waals surface area contributed by atoms with Crippen LogP contribution in [0.4, 0.5) is 0 Å². The van der Waals surface area contributed by atoms with Gasteiger partial charge in [0.2, 0.25) is 0 Å². The van der Waals surface area contributed by atoms with Gasteiger partial charge in [0.1, 0.15) is 5.75 Å². The van der Waals surface area contributed by atoms with Gasteiger partial charge in [-0.05, 0) is 38.5 Å². The first-order valence-corrected chi connectivity index (χ1v) is 5.78. The fraction of sp³-hybridized carbons (Fsp3) is 0.267. The topological polar surface area (TPSA) is 130 Å². The summed E-state index contributed by atoms with van der Waals surface area (Å²) in [5, 5.41) is 26.7. The minimum absolute atomic E-state index is 0. The van der Waals surface area contributed by atoms with Crippen molar-refractivity contribution in [2.75, 3.05) is 7.11 Å². The van der Waals surface area contributed by atoms with Crippen molar-refractivity contribution in [3.05, 3.63) is 36.4 Å². The van der Waals surface area contributed by atoms with E-state index in [2.05, 4.69) is 0 Å². The Hall–Kier alpha value is -1.91. The number of rotatable bonds is 2. The fourth-order valence-electron chi connectivity index (χ4n) is 0.715. The molecule has 0 saturated heterocycles. The van der Waals surface area contributed by atoms with Gasteiger partial charge in [-0.2, -0.15) is 0 Å². The van der Waals surface area contributed by atoms with Crippen LogP contribution in [-0.4, -0.2) is 52.3 Å². The zero-order valence-corrected chi connectivity index (χ0v) is 17.2. The molecule has 8 heteroatoms. The predicted molar refractivity (Wildman–Crippen MR) is 79.6 cm³/mol. The summed E-state index contributed by atoms with van der Waals surface area (Å²) in [6.07, 6.45) is 1.56. The van der Waals surface area contributed by atoms with Crippen molar-refractivity contribution in [1.29, 1.82) is 0 Å². The first-order valence-electron chi connectivity index (χ1n) is 5.78. The summed E-state index contributed by atoms with van der Waals surface area (Å²) >= 11 is 0. The molecule has 0 aliphatic carbocycles. The van der Waals surface area contributed by atoms with E-state index in [4.69, 9.17) is 41.0 Å². The van der Waals surface area contributed by atoms with Crippen molar-refractivity contribution in [3.8, 4) is 5.75 Å². The molecule has 0 atom stereocenters. The molecule has 127 valence electrons. The maximum Gasteiger partial charge on any atom is 0.118 e. The molecule has 0 heterocycles. The molecule has 1 aromatic carbocycles. The van der Waals surface area contributed by atoms with Crippen LogP contribution in [0, 0.1) is 6.58 Å². The van der Waals surface area contributed by atoms with E-state index in [0.717, 1.165) is 32.1 Å². The van der Waals surface area contributed by atoms with E-state index in [-0.39, 0.29) is 27.3 Å². The largest absolute Gasteiger partial charge is 0.550 e. The molecule has 0 unspecified atom stereocenters. The first kappa shape index (κ1) is 29.1. The Morgan fingerprint density at radius 1 is 0.913 bits per heavy atom. The molecule has 1 rings (SSSR count). The SMILES string of the molecule is CC(=O)[O-].CC(=O)[O-].CC(=O)[O-].[CH]=Cc1ccc(OC)cc1.[Pb]. The minimum atomic E-state index is -1.08. The van der Waals surface area contributed by atoms with E-state index in [1.807, 2.05) is 24.3 Å². The van der Waals surface area contributed by atoms with Crippen LogP contribution in [0.5, 0.6) is 5.75 Å². The standard InChI is InChI=1S/C9H9O.3C2H4O2.Pb/c1-3-8-4-6-9(10-2)7-5-8;3*1-2(3)4;/h1,3-7H,2H3;3*1H3,(H,3,4);/p-3. The van der Waals surface area contributed by atoms with E-state index in [0.29, 0.717) is 0 Å². The smallest absolute Gasteiger partial charge is 0.118 e. The molecule has 0 aliphatic heterocycles. The third-order valence-corrected chi connectivity index (χ3v) is 1.31. The number of ether oxygens (including phenoxy) is 1. The molecule has 0 aromatic heterocycles. The van der Waals surface area contributed by atoms with Gasteiger partial charge in [0.15, 0.2) is 0 Å². The number of hydrogen-bond acceptors (Lipinski definition) is 7. The first-order chi connectivity index (χ1) is 10.1. The van der Waals surface area contributed by atoms with Crippen LogP contribution in [-0.2, 0) is 14.4 Å². The predicted octanol–water partition coefficient (Wildman–Crippen LogP) is -1.97. The fourth-order valence-corrected chi connectivity index (χ4v) is 0.715. The van der Waals surface area contributed by atoms with Crippen molar-refractivity contribution in [2.45, 2.75) is 20.8 Å². The van der Waals surface area contributed by atoms with E-state index >= 15 is 0 Å². The number of carboxylic acids is 3. The summed E-state index contributed by atoms with van der Waals surface area (Å²) < 4.78 is 4.96. The molecule has 1 aromatic rings. The van der Waals surface area contributed by atoms with Crippen molar-refractivity contribution in [1.82, 2.24) is 0 Å². The Balaban J connectivity index is -0.000000118. The minimum Gasteiger partial charge on any atom is -0.550 e. The van der Waals surface area contributed by atoms with E-state index in [1.54, 1.807) is 13.2 Å². The Bertz CT molecular complexity index is 415. The second-order valence-electron chi connectivity index (χ2n) is 3.41. The van der Waals surface area contributed by atoms with Crippen LogP contribution < -0.4 is 20.1 Å². The van der Waals surface area contributed by atoms with E-state index < -0.39 is 17.9 Å². The van der Waals surface area contributed by atoms with Gasteiger partial charge in [0, 0.05) is 45.2 Å². The molecule has 0 spiro atoms. The molecule has 5 radical (unpaired) electrons. The van der Waals surface area contributed by atoms with Crippen LogP contribution in [0.3, 0.4) is 0 Å². The van der Waals surface area contributed by atoms with Crippen molar-refractivity contribution in [2.24, 2.45) is 0 Å². The van der Waals surface area contributed by atoms with Crippen LogP contribution >= 0.6 is 0 Å². The van der Waals surface area contributed by atoms with Gasteiger partial charge in [-0.15, -0.1) is 0 Å². The van der Waals surface area contributed by atoms with Gasteiger partial charge in [0.25, 0.3) is 0 Å². The van der Waals surface area contributed by atoms with Gasteiger partial charge in [-0.1, -0.05) is 24.8 Å². The quantitative estimate of drug-likeness (QED) is 0.416. The summed E-state index contributed by atoms with van der Waals surface area (Å²) in [6.45, 7) is 8.19. The number of aliphatic carboxylic acids is 3. The molecular formula is C15H18O7Pb-3. The Morgan fingerprint density at radius 2 is 1.17 bits per heavy atom. The summed E-state index contributed by atoms with van der Waals surface area (Å²) in [7, 11) is 1.64. The molecule has 0 saturated carbocycles. The summed E-state index contributed by atoms with van der Waals surface area (Å²) in [6, 6.07) is 7.55. The monoisotopic (exact) mass is 518 g/mol. The summed E-state index contributed by atoms with van der Waals surface area (Å²) in [4.78, 5) is 26.7. The number of carboxylic acid groups (broad SMARTS) is 3. The molecule has 0 fully saturated rings.